The minimum absolute atomic E-state index is 0.0832. The number of halogens is 1. The molecule has 2 amide bonds. The summed E-state index contributed by atoms with van der Waals surface area (Å²) in [6.45, 7) is 7.04. The molecule has 1 aliphatic heterocycles. The number of rotatable bonds is 1. The van der Waals surface area contributed by atoms with Gasteiger partial charge in [-0.1, -0.05) is 0 Å². The summed E-state index contributed by atoms with van der Waals surface area (Å²) in [6.07, 6.45) is 1.08. The van der Waals surface area contributed by atoms with Crippen molar-refractivity contribution in [3.8, 4) is 0 Å². The molecule has 1 fully saturated rings. The summed E-state index contributed by atoms with van der Waals surface area (Å²) < 4.78 is 20.8. The van der Waals surface area contributed by atoms with Crippen LogP contribution in [-0.4, -0.2) is 69.4 Å². The number of ether oxygens (including phenoxy) is 1. The van der Waals surface area contributed by atoms with Crippen LogP contribution in [0.25, 0.3) is 0 Å². The average Bonchev–Trinajstić information content (AvgIpc) is 3.01. The van der Waals surface area contributed by atoms with Crippen LogP contribution in [0.2, 0.25) is 0 Å². The Balaban J connectivity index is 2.03. The van der Waals surface area contributed by atoms with Gasteiger partial charge in [-0.2, -0.15) is 0 Å². The molecule has 0 spiro atoms. The van der Waals surface area contributed by atoms with Crippen molar-refractivity contribution in [2.75, 3.05) is 20.1 Å². The van der Waals surface area contributed by atoms with E-state index in [1.165, 1.54) is 27.7 Å². The summed E-state index contributed by atoms with van der Waals surface area (Å²) in [5, 5.41) is 0. The molecule has 2 unspecified atom stereocenters. The summed E-state index contributed by atoms with van der Waals surface area (Å²) in [7, 11) is 1.52. The SMILES string of the molecule is Cc1cn(C(=O)N(C)C2CN(C(=O)OC(C)(C)C)CC2F)cn1. The maximum Gasteiger partial charge on any atom is 0.410 e. The predicted molar refractivity (Wildman–Crippen MR) is 82.0 cm³/mol. The number of likely N-dealkylation sites (N-methyl/N-ethyl adjacent to an activating group) is 1. The number of imidazole rings is 1. The maximum absolute atomic E-state index is 14.3. The van der Waals surface area contributed by atoms with Gasteiger partial charge in [0.1, 0.15) is 18.1 Å². The number of carbonyl (C=O) groups excluding carboxylic acids is 2. The molecule has 0 N–H and O–H groups in total. The molecule has 1 aromatic rings. The molecule has 7 nitrogen and oxygen atoms in total. The molecule has 2 rings (SSSR count). The van der Waals surface area contributed by atoms with Gasteiger partial charge in [0.2, 0.25) is 0 Å². The second-order valence-electron chi connectivity index (χ2n) is 6.78. The summed E-state index contributed by atoms with van der Waals surface area (Å²) >= 11 is 0. The zero-order chi connectivity index (χ0) is 17.4. The van der Waals surface area contributed by atoms with E-state index in [0.29, 0.717) is 5.69 Å². The van der Waals surface area contributed by atoms with E-state index in [1.807, 2.05) is 0 Å². The number of hydrogen-bond acceptors (Lipinski definition) is 4. The van der Waals surface area contributed by atoms with Crippen molar-refractivity contribution in [1.29, 1.82) is 0 Å². The Labute approximate surface area is 135 Å². The fourth-order valence-corrected chi connectivity index (χ4v) is 2.44. The first-order valence-corrected chi connectivity index (χ1v) is 7.48. The standard InChI is InChI=1S/C15H23FN4O3/c1-10-6-20(9-17-10)13(21)18(5)12-8-19(7-11(12)16)14(22)23-15(2,3)4/h6,9,11-12H,7-8H2,1-5H3. The molecule has 0 radical (unpaired) electrons. The third-order valence-corrected chi connectivity index (χ3v) is 3.60. The minimum atomic E-state index is -1.32. The molecular weight excluding hydrogens is 303 g/mol. The van der Waals surface area contributed by atoms with Crippen LogP contribution in [0.1, 0.15) is 26.5 Å². The van der Waals surface area contributed by atoms with E-state index in [0.717, 1.165) is 0 Å². The van der Waals surface area contributed by atoms with Crippen molar-refractivity contribution in [1.82, 2.24) is 19.4 Å². The highest BCUT2D eigenvalue weighted by atomic mass is 19.1. The van der Waals surface area contributed by atoms with Crippen molar-refractivity contribution in [2.45, 2.75) is 45.5 Å². The number of alkyl halides is 1. The number of carbonyl (C=O) groups is 2. The lowest BCUT2D eigenvalue weighted by molar-refractivity contribution is 0.0279. The second kappa shape index (κ2) is 6.17. The van der Waals surface area contributed by atoms with E-state index < -0.39 is 23.9 Å². The molecule has 2 atom stereocenters. The number of aromatic nitrogens is 2. The lowest BCUT2D eigenvalue weighted by atomic mass is 10.2. The molecule has 0 aliphatic carbocycles. The van der Waals surface area contributed by atoms with Gasteiger partial charge in [-0.15, -0.1) is 0 Å². The van der Waals surface area contributed by atoms with Crippen LogP contribution in [0.4, 0.5) is 14.0 Å². The van der Waals surface area contributed by atoms with Gasteiger partial charge in [0, 0.05) is 19.8 Å². The molecule has 128 valence electrons. The Morgan fingerprint density at radius 2 is 2.04 bits per heavy atom. The van der Waals surface area contributed by atoms with Crippen molar-refractivity contribution >= 4 is 12.1 Å². The van der Waals surface area contributed by atoms with Crippen LogP contribution >= 0.6 is 0 Å². The van der Waals surface area contributed by atoms with Gasteiger partial charge in [0.15, 0.2) is 0 Å². The first-order chi connectivity index (χ1) is 10.6. The van der Waals surface area contributed by atoms with Gasteiger partial charge >= 0.3 is 12.1 Å². The van der Waals surface area contributed by atoms with Crippen LogP contribution < -0.4 is 0 Å². The Hall–Kier alpha value is -2.12. The van der Waals surface area contributed by atoms with E-state index in [-0.39, 0.29) is 19.1 Å². The molecule has 1 aromatic heterocycles. The highest BCUT2D eigenvalue weighted by molar-refractivity contribution is 5.77. The molecular formula is C15H23FN4O3. The second-order valence-corrected chi connectivity index (χ2v) is 6.78. The van der Waals surface area contributed by atoms with Crippen LogP contribution in [-0.2, 0) is 4.74 Å². The monoisotopic (exact) mass is 326 g/mol. The third-order valence-electron chi connectivity index (χ3n) is 3.60. The molecule has 23 heavy (non-hydrogen) atoms. The molecule has 0 bridgehead atoms. The summed E-state index contributed by atoms with van der Waals surface area (Å²) in [6, 6.07) is -1.10. The highest BCUT2D eigenvalue weighted by Crippen LogP contribution is 2.21. The lowest BCUT2D eigenvalue weighted by Gasteiger charge is -2.26. The fourth-order valence-electron chi connectivity index (χ4n) is 2.44. The third kappa shape index (κ3) is 4.00. The maximum atomic E-state index is 14.3. The van der Waals surface area contributed by atoms with E-state index in [4.69, 9.17) is 4.74 Å². The lowest BCUT2D eigenvalue weighted by Crippen LogP contribution is -2.45. The highest BCUT2D eigenvalue weighted by Gasteiger charge is 2.41. The topological polar surface area (TPSA) is 67.7 Å². The minimum Gasteiger partial charge on any atom is -0.444 e. The fraction of sp³-hybridized carbons (Fsp3) is 0.667. The largest absolute Gasteiger partial charge is 0.444 e. The number of likely N-dealkylation sites (tertiary alicyclic amines) is 1. The Bertz CT molecular complexity index is 596. The Morgan fingerprint density at radius 3 is 2.57 bits per heavy atom. The van der Waals surface area contributed by atoms with Crippen molar-refractivity contribution < 1.29 is 18.7 Å². The Morgan fingerprint density at radius 1 is 1.39 bits per heavy atom. The van der Waals surface area contributed by atoms with Crippen LogP contribution in [0.5, 0.6) is 0 Å². The molecule has 8 heteroatoms. The number of amides is 2. The normalized spacial score (nSPS) is 21.4. The summed E-state index contributed by atoms with van der Waals surface area (Å²) in [4.78, 5) is 31.0. The van der Waals surface area contributed by atoms with E-state index in [1.54, 1.807) is 33.9 Å². The first-order valence-electron chi connectivity index (χ1n) is 7.48. The van der Waals surface area contributed by atoms with Gasteiger partial charge in [-0.25, -0.2) is 19.0 Å². The summed E-state index contributed by atoms with van der Waals surface area (Å²) in [5.41, 5.74) is 0.0576. The van der Waals surface area contributed by atoms with Crippen LogP contribution in [0.3, 0.4) is 0 Å². The van der Waals surface area contributed by atoms with Crippen LogP contribution in [0, 0.1) is 6.92 Å². The number of hydrogen-bond donors (Lipinski definition) is 0. The summed E-state index contributed by atoms with van der Waals surface area (Å²) in [5.74, 6) is 0. The quantitative estimate of drug-likeness (QED) is 0.792. The Kier molecular flexibility index (Phi) is 4.63. The van der Waals surface area contributed by atoms with Crippen molar-refractivity contribution in [2.24, 2.45) is 0 Å². The van der Waals surface area contributed by atoms with E-state index in [9.17, 15) is 14.0 Å². The first kappa shape index (κ1) is 17.2. The molecule has 1 saturated heterocycles. The number of nitrogens with zero attached hydrogens (tertiary/aromatic N) is 4. The van der Waals surface area contributed by atoms with Gasteiger partial charge in [-0.05, 0) is 27.7 Å². The molecule has 0 saturated carbocycles. The van der Waals surface area contributed by atoms with E-state index >= 15 is 0 Å². The molecule has 1 aliphatic rings. The van der Waals surface area contributed by atoms with Gasteiger partial charge in [0.25, 0.3) is 0 Å². The van der Waals surface area contributed by atoms with Gasteiger partial charge < -0.3 is 14.5 Å². The molecule has 2 heterocycles. The predicted octanol–water partition coefficient (Wildman–Crippen LogP) is 2.05. The zero-order valence-corrected chi connectivity index (χ0v) is 14.1. The van der Waals surface area contributed by atoms with Crippen molar-refractivity contribution in [3.63, 3.8) is 0 Å². The molecule has 0 aromatic carbocycles. The van der Waals surface area contributed by atoms with Crippen molar-refractivity contribution in [3.05, 3.63) is 18.2 Å². The van der Waals surface area contributed by atoms with Gasteiger partial charge in [-0.3, -0.25) is 4.57 Å². The van der Waals surface area contributed by atoms with Gasteiger partial charge in [0.05, 0.1) is 18.3 Å². The average molecular weight is 326 g/mol. The zero-order valence-electron chi connectivity index (χ0n) is 14.1. The number of aryl methyl sites for hydroxylation is 1. The van der Waals surface area contributed by atoms with E-state index in [2.05, 4.69) is 4.98 Å². The van der Waals surface area contributed by atoms with Crippen LogP contribution in [0.15, 0.2) is 12.5 Å². The smallest absolute Gasteiger partial charge is 0.410 e.